The molecule has 20 heavy (non-hydrogen) atoms. The maximum atomic E-state index is 11.9. The van der Waals surface area contributed by atoms with E-state index in [1.165, 1.54) is 0 Å². The Kier molecular flexibility index (Phi) is 5.42. The Morgan fingerprint density at radius 2 is 1.80 bits per heavy atom. The number of carboxylic acid groups (broad SMARTS) is 1. The summed E-state index contributed by atoms with van der Waals surface area (Å²) in [6, 6.07) is -0.255. The number of nitrogens with one attached hydrogen (secondary N) is 2. The highest BCUT2D eigenvalue weighted by Gasteiger charge is 2.31. The Hall–Kier alpha value is -1.26. The zero-order chi connectivity index (χ0) is 15.4. The molecule has 0 aromatic heterocycles. The molecule has 1 atom stereocenters. The summed E-state index contributed by atoms with van der Waals surface area (Å²) in [7, 11) is 0. The molecule has 5 nitrogen and oxygen atoms in total. The summed E-state index contributed by atoms with van der Waals surface area (Å²) in [5.41, 5.74) is -0.203. The van der Waals surface area contributed by atoms with Crippen LogP contribution in [0.25, 0.3) is 0 Å². The predicted octanol–water partition coefficient (Wildman–Crippen LogP) is 2.76. The van der Waals surface area contributed by atoms with Gasteiger partial charge in [-0.25, -0.2) is 4.79 Å². The van der Waals surface area contributed by atoms with E-state index in [1.54, 1.807) is 0 Å². The Labute approximate surface area is 121 Å². The fraction of sp³-hybridized carbons (Fsp3) is 0.867. The lowest BCUT2D eigenvalue weighted by molar-refractivity contribution is -0.142. The van der Waals surface area contributed by atoms with Crippen LogP contribution in [0.5, 0.6) is 0 Å². The number of hydrogen-bond acceptors (Lipinski definition) is 2. The van der Waals surface area contributed by atoms with E-state index in [9.17, 15) is 14.7 Å². The number of carboxylic acids is 1. The minimum Gasteiger partial charge on any atom is -0.481 e. The van der Waals surface area contributed by atoms with Gasteiger partial charge in [-0.05, 0) is 31.6 Å². The van der Waals surface area contributed by atoms with Crippen molar-refractivity contribution in [2.24, 2.45) is 11.3 Å². The van der Waals surface area contributed by atoms with Crippen molar-refractivity contribution in [3.63, 3.8) is 0 Å². The summed E-state index contributed by atoms with van der Waals surface area (Å²) in [4.78, 5) is 23.1. The second-order valence-corrected chi connectivity index (χ2v) is 7.40. The topological polar surface area (TPSA) is 78.4 Å². The van der Waals surface area contributed by atoms with Crippen molar-refractivity contribution in [3.05, 3.63) is 0 Å². The van der Waals surface area contributed by atoms with E-state index in [2.05, 4.69) is 10.6 Å². The summed E-state index contributed by atoms with van der Waals surface area (Å²) in [6.07, 6.45) is 4.80. The third kappa shape index (κ3) is 5.80. The summed E-state index contributed by atoms with van der Waals surface area (Å²) < 4.78 is 0. The second kappa shape index (κ2) is 6.46. The number of carbonyl (C=O) groups excluding carboxylic acids is 1. The van der Waals surface area contributed by atoms with Crippen LogP contribution in [0.2, 0.25) is 0 Å². The van der Waals surface area contributed by atoms with Gasteiger partial charge in [-0.2, -0.15) is 0 Å². The first-order valence-electron chi connectivity index (χ1n) is 7.40. The molecule has 0 radical (unpaired) electrons. The molecule has 5 heteroatoms. The Bertz CT molecular complexity index is 355. The van der Waals surface area contributed by atoms with Crippen LogP contribution < -0.4 is 10.6 Å². The normalized spacial score (nSPS) is 19.4. The Morgan fingerprint density at radius 3 is 2.25 bits per heavy atom. The van der Waals surface area contributed by atoms with Crippen LogP contribution in [0.3, 0.4) is 0 Å². The van der Waals surface area contributed by atoms with Gasteiger partial charge < -0.3 is 15.7 Å². The van der Waals surface area contributed by atoms with Gasteiger partial charge in [-0.1, -0.05) is 33.6 Å². The van der Waals surface area contributed by atoms with Crippen LogP contribution in [0.4, 0.5) is 4.79 Å². The van der Waals surface area contributed by atoms with E-state index in [1.807, 2.05) is 27.7 Å². The molecule has 0 bridgehead atoms. The zero-order valence-corrected chi connectivity index (χ0v) is 13.1. The van der Waals surface area contributed by atoms with E-state index in [4.69, 9.17) is 0 Å². The first-order valence-corrected chi connectivity index (χ1v) is 7.40. The van der Waals surface area contributed by atoms with Gasteiger partial charge in [0.2, 0.25) is 0 Å². The molecule has 3 N–H and O–H groups in total. The predicted molar refractivity (Wildman–Crippen MR) is 78.6 cm³/mol. The molecule has 116 valence electrons. The lowest BCUT2D eigenvalue weighted by Crippen LogP contribution is -2.50. The third-order valence-corrected chi connectivity index (χ3v) is 3.84. The van der Waals surface area contributed by atoms with Gasteiger partial charge in [0.25, 0.3) is 0 Å². The Balaban J connectivity index is 2.42. The van der Waals surface area contributed by atoms with Crippen molar-refractivity contribution in [3.8, 4) is 0 Å². The molecule has 1 aliphatic rings. The van der Waals surface area contributed by atoms with E-state index in [-0.39, 0.29) is 23.5 Å². The fourth-order valence-corrected chi connectivity index (χ4v) is 2.80. The molecule has 0 heterocycles. The lowest BCUT2D eigenvalue weighted by Gasteiger charge is -2.27. The number of aliphatic carboxylic acids is 1. The molecular weight excluding hydrogens is 256 g/mol. The summed E-state index contributed by atoms with van der Waals surface area (Å²) >= 11 is 0. The molecule has 0 aromatic rings. The van der Waals surface area contributed by atoms with Gasteiger partial charge in [0.05, 0.1) is 5.92 Å². The van der Waals surface area contributed by atoms with Crippen LogP contribution in [-0.4, -0.2) is 29.2 Å². The van der Waals surface area contributed by atoms with E-state index >= 15 is 0 Å². The van der Waals surface area contributed by atoms with Crippen molar-refractivity contribution >= 4 is 12.0 Å². The molecule has 0 saturated heterocycles. The smallest absolute Gasteiger partial charge is 0.315 e. The standard InChI is InChI=1S/C15H28N2O3/c1-14(2,3)9-11(12(18)19)10-16-13(20)17-15(4)7-5-6-8-15/h11H,5-10H2,1-4H3,(H,18,19)(H2,16,17,20). The lowest BCUT2D eigenvalue weighted by atomic mass is 9.84. The van der Waals surface area contributed by atoms with Crippen LogP contribution in [0.1, 0.15) is 59.8 Å². The molecule has 1 fully saturated rings. The van der Waals surface area contributed by atoms with Crippen molar-refractivity contribution < 1.29 is 14.7 Å². The van der Waals surface area contributed by atoms with E-state index in [0.717, 1.165) is 25.7 Å². The van der Waals surface area contributed by atoms with Gasteiger partial charge in [0.15, 0.2) is 0 Å². The molecule has 0 spiro atoms. The van der Waals surface area contributed by atoms with E-state index < -0.39 is 11.9 Å². The minimum absolute atomic E-state index is 0.0708. The van der Waals surface area contributed by atoms with Gasteiger partial charge in [-0.15, -0.1) is 0 Å². The van der Waals surface area contributed by atoms with Gasteiger partial charge >= 0.3 is 12.0 Å². The first-order chi connectivity index (χ1) is 9.11. The number of amides is 2. The van der Waals surface area contributed by atoms with Crippen LogP contribution in [-0.2, 0) is 4.79 Å². The van der Waals surface area contributed by atoms with Gasteiger partial charge in [0, 0.05) is 12.1 Å². The molecular formula is C15H28N2O3. The quantitative estimate of drug-likeness (QED) is 0.726. The molecule has 1 rings (SSSR count). The van der Waals surface area contributed by atoms with Gasteiger partial charge in [0.1, 0.15) is 0 Å². The average molecular weight is 284 g/mol. The third-order valence-electron chi connectivity index (χ3n) is 3.84. The largest absolute Gasteiger partial charge is 0.481 e. The number of carbonyl (C=O) groups is 2. The number of hydrogen-bond donors (Lipinski definition) is 3. The van der Waals surface area contributed by atoms with Gasteiger partial charge in [-0.3, -0.25) is 4.79 Å². The molecule has 1 unspecified atom stereocenters. The average Bonchev–Trinajstić information content (AvgIpc) is 2.69. The molecule has 0 aromatic carbocycles. The van der Waals surface area contributed by atoms with E-state index in [0.29, 0.717) is 6.42 Å². The monoisotopic (exact) mass is 284 g/mol. The summed E-state index contributed by atoms with van der Waals surface area (Å²) in [5, 5.41) is 14.9. The zero-order valence-electron chi connectivity index (χ0n) is 13.1. The Morgan fingerprint density at radius 1 is 1.25 bits per heavy atom. The minimum atomic E-state index is -0.854. The molecule has 0 aliphatic heterocycles. The van der Waals surface area contributed by atoms with Crippen molar-refractivity contribution in [1.29, 1.82) is 0 Å². The maximum absolute atomic E-state index is 11.9. The number of rotatable bonds is 5. The highest BCUT2D eigenvalue weighted by molar-refractivity contribution is 5.76. The highest BCUT2D eigenvalue weighted by Crippen LogP contribution is 2.28. The molecule has 2 amide bonds. The summed E-state index contributed by atoms with van der Waals surface area (Å²) in [5.74, 6) is -1.40. The van der Waals surface area contributed by atoms with Crippen molar-refractivity contribution in [2.75, 3.05) is 6.54 Å². The molecule has 1 saturated carbocycles. The first kappa shape index (κ1) is 16.8. The van der Waals surface area contributed by atoms with Crippen LogP contribution in [0, 0.1) is 11.3 Å². The van der Waals surface area contributed by atoms with Crippen LogP contribution >= 0.6 is 0 Å². The SMILES string of the molecule is CC(C)(C)CC(CNC(=O)NC1(C)CCCC1)C(=O)O. The maximum Gasteiger partial charge on any atom is 0.315 e. The summed E-state index contributed by atoms with van der Waals surface area (Å²) in [6.45, 7) is 8.23. The number of urea groups is 1. The second-order valence-electron chi connectivity index (χ2n) is 7.40. The highest BCUT2D eigenvalue weighted by atomic mass is 16.4. The van der Waals surface area contributed by atoms with Crippen molar-refractivity contribution in [2.45, 2.75) is 65.3 Å². The van der Waals surface area contributed by atoms with Crippen LogP contribution in [0.15, 0.2) is 0 Å². The van der Waals surface area contributed by atoms with Crippen molar-refractivity contribution in [1.82, 2.24) is 10.6 Å². The molecule has 1 aliphatic carbocycles. The fourth-order valence-electron chi connectivity index (χ4n) is 2.80.